The van der Waals surface area contributed by atoms with Crippen LogP contribution < -0.4 is 9.62 Å². The van der Waals surface area contributed by atoms with E-state index in [0.29, 0.717) is 21.3 Å². The number of rotatable bonds is 13. The van der Waals surface area contributed by atoms with Crippen LogP contribution in [-0.2, 0) is 39.0 Å². The minimum atomic E-state index is -4.18. The molecule has 4 rings (SSSR count). The molecule has 0 fully saturated rings. The molecule has 0 radical (unpaired) electrons. The van der Waals surface area contributed by atoms with Crippen LogP contribution in [0.25, 0.3) is 0 Å². The van der Waals surface area contributed by atoms with E-state index in [4.69, 9.17) is 23.2 Å². The van der Waals surface area contributed by atoms with E-state index in [1.54, 1.807) is 48.5 Å². The number of nitrogens with zero attached hydrogens (tertiary/aromatic N) is 2. The molecular formula is C35H37Cl2N3O4S. The summed E-state index contributed by atoms with van der Waals surface area (Å²) in [5, 5.41) is 3.59. The zero-order chi connectivity index (χ0) is 32.6. The smallest absolute Gasteiger partial charge is 0.264 e. The minimum absolute atomic E-state index is 0.0384. The molecule has 0 heterocycles. The Morgan fingerprint density at radius 3 is 1.91 bits per heavy atom. The second-order valence-electron chi connectivity index (χ2n) is 10.9. The van der Waals surface area contributed by atoms with Crippen LogP contribution >= 0.6 is 23.2 Å². The zero-order valence-corrected chi connectivity index (χ0v) is 27.8. The molecular weight excluding hydrogens is 629 g/mol. The first-order valence-corrected chi connectivity index (χ1v) is 16.9. The maximum atomic E-state index is 14.5. The third-order valence-corrected chi connectivity index (χ3v) is 9.83. The lowest BCUT2D eigenvalue weighted by molar-refractivity contribution is -0.140. The highest BCUT2D eigenvalue weighted by molar-refractivity contribution is 7.92. The minimum Gasteiger partial charge on any atom is -0.352 e. The van der Waals surface area contributed by atoms with Crippen molar-refractivity contribution in [1.82, 2.24) is 10.2 Å². The molecule has 236 valence electrons. The molecule has 0 saturated carbocycles. The normalized spacial score (nSPS) is 12.0. The summed E-state index contributed by atoms with van der Waals surface area (Å²) in [6, 6.07) is 28.2. The average molecular weight is 667 g/mol. The highest BCUT2D eigenvalue weighted by Crippen LogP contribution is 2.29. The Kier molecular flexibility index (Phi) is 11.7. The number of benzene rings is 4. The molecule has 4 aromatic rings. The van der Waals surface area contributed by atoms with Gasteiger partial charge in [-0.25, -0.2) is 8.42 Å². The SMILES string of the molecule is CCc1ccc(N(CC(=O)N(Cc2c(Cl)cccc2Cl)[C@@H](Cc2ccccc2)C(=O)NC(C)C)S(=O)(=O)c2ccccc2)cc1. The molecule has 0 aliphatic heterocycles. The van der Waals surface area contributed by atoms with Crippen molar-refractivity contribution in [2.75, 3.05) is 10.8 Å². The molecule has 7 nitrogen and oxygen atoms in total. The first-order valence-electron chi connectivity index (χ1n) is 14.7. The predicted octanol–water partition coefficient (Wildman–Crippen LogP) is 6.92. The Labute approximate surface area is 275 Å². The van der Waals surface area contributed by atoms with Crippen molar-refractivity contribution in [3.8, 4) is 0 Å². The third-order valence-electron chi connectivity index (χ3n) is 7.33. The number of aryl methyl sites for hydroxylation is 1. The molecule has 0 saturated heterocycles. The molecule has 1 N–H and O–H groups in total. The number of amides is 2. The standard InChI is InChI=1S/C35H37Cl2N3O4S/c1-4-26-18-20-28(21-19-26)40(45(43,44)29-14-9-6-10-15-29)24-34(41)39(23-30-31(36)16-11-17-32(30)37)33(35(42)38-25(2)3)22-27-12-7-5-8-13-27/h5-21,25,33H,4,22-24H2,1-3H3,(H,38,42)/t33-/m0/s1. The number of hydrogen-bond acceptors (Lipinski definition) is 4. The second-order valence-corrected chi connectivity index (χ2v) is 13.6. The van der Waals surface area contributed by atoms with E-state index in [0.717, 1.165) is 21.9 Å². The molecule has 0 bridgehead atoms. The predicted molar refractivity (Wildman–Crippen MR) is 181 cm³/mol. The van der Waals surface area contributed by atoms with Crippen LogP contribution in [0.1, 0.15) is 37.5 Å². The number of halogens is 2. The highest BCUT2D eigenvalue weighted by atomic mass is 35.5. The fourth-order valence-electron chi connectivity index (χ4n) is 4.93. The fraction of sp³-hybridized carbons (Fsp3) is 0.257. The summed E-state index contributed by atoms with van der Waals surface area (Å²) in [6.07, 6.45) is 0.951. The van der Waals surface area contributed by atoms with Gasteiger partial charge in [0.25, 0.3) is 10.0 Å². The van der Waals surface area contributed by atoms with Gasteiger partial charge in [0.15, 0.2) is 0 Å². The Bertz CT molecular complexity index is 1680. The van der Waals surface area contributed by atoms with Crippen molar-refractivity contribution in [3.05, 3.63) is 130 Å². The number of carbonyl (C=O) groups excluding carboxylic acids is 2. The zero-order valence-electron chi connectivity index (χ0n) is 25.5. The number of carbonyl (C=O) groups is 2. The molecule has 1 atom stereocenters. The van der Waals surface area contributed by atoms with E-state index in [-0.39, 0.29) is 29.8 Å². The fourth-order valence-corrected chi connectivity index (χ4v) is 6.89. The van der Waals surface area contributed by atoms with Gasteiger partial charge in [0, 0.05) is 34.6 Å². The van der Waals surface area contributed by atoms with E-state index in [1.807, 2.05) is 63.2 Å². The summed E-state index contributed by atoms with van der Waals surface area (Å²) in [4.78, 5) is 29.8. The van der Waals surface area contributed by atoms with Crippen molar-refractivity contribution in [2.45, 2.75) is 57.1 Å². The monoisotopic (exact) mass is 665 g/mol. The van der Waals surface area contributed by atoms with E-state index in [9.17, 15) is 18.0 Å². The lowest BCUT2D eigenvalue weighted by Crippen LogP contribution is -2.54. The van der Waals surface area contributed by atoms with Crippen LogP contribution in [0.3, 0.4) is 0 Å². The van der Waals surface area contributed by atoms with Crippen LogP contribution in [0.15, 0.2) is 108 Å². The summed E-state index contributed by atoms with van der Waals surface area (Å²) in [5.74, 6) is -0.972. The molecule has 0 aliphatic rings. The summed E-state index contributed by atoms with van der Waals surface area (Å²) in [6.45, 7) is 4.99. The number of anilines is 1. The van der Waals surface area contributed by atoms with Gasteiger partial charge in [0.2, 0.25) is 11.8 Å². The molecule has 4 aromatic carbocycles. The lowest BCUT2D eigenvalue weighted by atomic mass is 10.0. The topological polar surface area (TPSA) is 86.8 Å². The molecule has 45 heavy (non-hydrogen) atoms. The van der Waals surface area contributed by atoms with Gasteiger partial charge in [-0.1, -0.05) is 96.9 Å². The van der Waals surface area contributed by atoms with E-state index in [1.165, 1.54) is 17.0 Å². The maximum absolute atomic E-state index is 14.5. The van der Waals surface area contributed by atoms with Gasteiger partial charge in [-0.2, -0.15) is 0 Å². The van der Waals surface area contributed by atoms with Crippen LogP contribution in [0.4, 0.5) is 5.69 Å². The lowest BCUT2D eigenvalue weighted by Gasteiger charge is -2.34. The van der Waals surface area contributed by atoms with Gasteiger partial charge >= 0.3 is 0 Å². The summed E-state index contributed by atoms with van der Waals surface area (Å²) < 4.78 is 29.3. The number of nitrogens with one attached hydrogen (secondary N) is 1. The molecule has 10 heteroatoms. The van der Waals surface area contributed by atoms with Crippen LogP contribution in [-0.4, -0.2) is 43.8 Å². The Balaban J connectivity index is 1.83. The maximum Gasteiger partial charge on any atom is 0.264 e. The number of sulfonamides is 1. The van der Waals surface area contributed by atoms with E-state index in [2.05, 4.69) is 5.32 Å². The Morgan fingerprint density at radius 2 is 1.36 bits per heavy atom. The first kappa shape index (κ1) is 34.0. The summed E-state index contributed by atoms with van der Waals surface area (Å²) >= 11 is 13.1. The van der Waals surface area contributed by atoms with Crippen molar-refractivity contribution in [1.29, 1.82) is 0 Å². The summed E-state index contributed by atoms with van der Waals surface area (Å²) in [7, 11) is -4.18. The van der Waals surface area contributed by atoms with Crippen LogP contribution in [0.2, 0.25) is 10.0 Å². The van der Waals surface area contributed by atoms with Crippen molar-refractivity contribution < 1.29 is 18.0 Å². The molecule has 2 amide bonds. The highest BCUT2D eigenvalue weighted by Gasteiger charge is 2.35. The van der Waals surface area contributed by atoms with Gasteiger partial charge in [0.1, 0.15) is 12.6 Å². The quantitative estimate of drug-likeness (QED) is 0.168. The van der Waals surface area contributed by atoms with Crippen molar-refractivity contribution in [3.63, 3.8) is 0 Å². The van der Waals surface area contributed by atoms with Crippen LogP contribution in [0.5, 0.6) is 0 Å². The van der Waals surface area contributed by atoms with E-state index < -0.39 is 28.5 Å². The Hall–Kier alpha value is -3.85. The molecule has 0 aromatic heterocycles. The van der Waals surface area contributed by atoms with Gasteiger partial charge in [0.05, 0.1) is 10.6 Å². The first-order chi connectivity index (χ1) is 21.5. The molecule has 0 spiro atoms. The van der Waals surface area contributed by atoms with Gasteiger partial charge in [-0.3, -0.25) is 13.9 Å². The average Bonchev–Trinajstić information content (AvgIpc) is 3.03. The second kappa shape index (κ2) is 15.4. The number of hydrogen-bond donors (Lipinski definition) is 1. The summed E-state index contributed by atoms with van der Waals surface area (Å²) in [5.41, 5.74) is 2.62. The van der Waals surface area contributed by atoms with Gasteiger partial charge in [-0.15, -0.1) is 0 Å². The van der Waals surface area contributed by atoms with Crippen molar-refractivity contribution in [2.24, 2.45) is 0 Å². The Morgan fingerprint density at radius 1 is 0.778 bits per heavy atom. The van der Waals surface area contributed by atoms with E-state index >= 15 is 0 Å². The third kappa shape index (κ3) is 8.66. The van der Waals surface area contributed by atoms with Crippen molar-refractivity contribution >= 4 is 50.7 Å². The molecule has 0 aliphatic carbocycles. The largest absolute Gasteiger partial charge is 0.352 e. The molecule has 0 unspecified atom stereocenters. The van der Waals surface area contributed by atoms with Gasteiger partial charge < -0.3 is 10.2 Å². The van der Waals surface area contributed by atoms with Gasteiger partial charge in [-0.05, 0) is 67.8 Å². The van der Waals surface area contributed by atoms with Crippen LogP contribution in [0, 0.1) is 0 Å².